The first-order valence-electron chi connectivity index (χ1n) is 3.05. The minimum atomic E-state index is -0.890. The quantitative estimate of drug-likeness (QED) is 0.626. The van der Waals surface area contributed by atoms with Gasteiger partial charge in [0.15, 0.2) is 0 Å². The van der Waals surface area contributed by atoms with E-state index in [1.807, 2.05) is 19.1 Å². The fourth-order valence-corrected chi connectivity index (χ4v) is 3.52. The fraction of sp³-hybridized carbons (Fsp3) is 1.00. The van der Waals surface area contributed by atoms with E-state index in [-0.39, 0.29) is 0 Å². The Morgan fingerprint density at radius 2 is 2.00 bits per heavy atom. The first kappa shape index (κ1) is 7.66. The van der Waals surface area contributed by atoms with Crippen molar-refractivity contribution in [1.82, 2.24) is 9.84 Å². The van der Waals surface area contributed by atoms with Gasteiger partial charge in [-0.2, -0.15) is 0 Å². The molecular formula is C5H13ClN2S. The molecule has 1 saturated heterocycles. The molecule has 1 N–H and O–H groups in total. The van der Waals surface area contributed by atoms with Crippen LogP contribution in [0.2, 0.25) is 0 Å². The SMILES string of the molecule is CN(C)NS1(Cl)CCC1. The van der Waals surface area contributed by atoms with Gasteiger partial charge in [0.2, 0.25) is 0 Å². The molecule has 0 aromatic heterocycles. The molecule has 2 nitrogen and oxygen atoms in total. The lowest BCUT2D eigenvalue weighted by Gasteiger charge is -2.43. The van der Waals surface area contributed by atoms with E-state index in [4.69, 9.17) is 10.7 Å². The van der Waals surface area contributed by atoms with Crippen LogP contribution in [0.15, 0.2) is 0 Å². The maximum Gasteiger partial charge on any atom is 0.00416 e. The third kappa shape index (κ3) is 2.00. The van der Waals surface area contributed by atoms with Crippen molar-refractivity contribution in [3.8, 4) is 0 Å². The third-order valence-corrected chi connectivity index (χ3v) is 4.98. The molecule has 0 spiro atoms. The monoisotopic (exact) mass is 168 g/mol. The maximum absolute atomic E-state index is 6.13. The van der Waals surface area contributed by atoms with Gasteiger partial charge in [-0.3, -0.25) is 0 Å². The molecule has 9 heavy (non-hydrogen) atoms. The molecule has 4 heteroatoms. The van der Waals surface area contributed by atoms with Crippen LogP contribution in [0.25, 0.3) is 0 Å². The van der Waals surface area contributed by atoms with Crippen molar-refractivity contribution in [2.75, 3.05) is 25.6 Å². The van der Waals surface area contributed by atoms with Crippen molar-refractivity contribution in [2.45, 2.75) is 6.42 Å². The minimum Gasteiger partial charge on any atom is -0.241 e. The molecule has 56 valence electrons. The number of hydrazine groups is 1. The number of hydrogen-bond donors (Lipinski definition) is 1. The van der Waals surface area contributed by atoms with Crippen molar-refractivity contribution < 1.29 is 0 Å². The minimum absolute atomic E-state index is 0.890. The number of nitrogens with one attached hydrogen (secondary N) is 1. The van der Waals surface area contributed by atoms with Gasteiger partial charge in [-0.15, -0.1) is 0 Å². The van der Waals surface area contributed by atoms with Gasteiger partial charge in [0, 0.05) is 25.6 Å². The Morgan fingerprint density at radius 3 is 2.11 bits per heavy atom. The molecule has 0 atom stereocenters. The Bertz CT molecular complexity index is 103. The molecule has 0 aromatic rings. The Morgan fingerprint density at radius 1 is 1.44 bits per heavy atom. The first-order chi connectivity index (χ1) is 4.12. The lowest BCUT2D eigenvalue weighted by Crippen LogP contribution is -2.38. The van der Waals surface area contributed by atoms with Crippen molar-refractivity contribution in [1.29, 1.82) is 0 Å². The predicted octanol–water partition coefficient (Wildman–Crippen LogP) is 1.33. The Kier molecular flexibility index (Phi) is 2.27. The molecule has 1 fully saturated rings. The van der Waals surface area contributed by atoms with E-state index in [0.29, 0.717) is 0 Å². The molecule has 0 aliphatic carbocycles. The van der Waals surface area contributed by atoms with Crippen LogP contribution in [-0.2, 0) is 0 Å². The first-order valence-corrected chi connectivity index (χ1v) is 5.85. The van der Waals surface area contributed by atoms with Gasteiger partial charge in [0.1, 0.15) is 0 Å². The summed E-state index contributed by atoms with van der Waals surface area (Å²) in [5.41, 5.74) is 0. The molecule has 0 radical (unpaired) electrons. The van der Waals surface area contributed by atoms with E-state index in [0.717, 1.165) is 0 Å². The molecule has 0 bridgehead atoms. The average molecular weight is 169 g/mol. The lowest BCUT2D eigenvalue weighted by atomic mass is 10.5. The zero-order valence-corrected chi connectivity index (χ0v) is 7.43. The summed E-state index contributed by atoms with van der Waals surface area (Å²) in [6.45, 7) is 0. The summed E-state index contributed by atoms with van der Waals surface area (Å²) in [5, 5.41) is 1.95. The van der Waals surface area contributed by atoms with Gasteiger partial charge in [-0.25, -0.2) is 9.84 Å². The van der Waals surface area contributed by atoms with Crippen LogP contribution in [0.4, 0.5) is 0 Å². The largest absolute Gasteiger partial charge is 0.241 e. The summed E-state index contributed by atoms with van der Waals surface area (Å²) in [4.78, 5) is 3.24. The van der Waals surface area contributed by atoms with Crippen molar-refractivity contribution in [3.63, 3.8) is 0 Å². The highest BCUT2D eigenvalue weighted by atomic mass is 35.7. The lowest BCUT2D eigenvalue weighted by molar-refractivity contribution is 0.379. The molecule has 1 heterocycles. The van der Waals surface area contributed by atoms with Crippen LogP contribution in [0.1, 0.15) is 6.42 Å². The van der Waals surface area contributed by atoms with E-state index >= 15 is 0 Å². The van der Waals surface area contributed by atoms with E-state index in [2.05, 4.69) is 4.83 Å². The summed E-state index contributed by atoms with van der Waals surface area (Å²) in [6, 6.07) is 0. The molecule has 1 aliphatic heterocycles. The highest BCUT2D eigenvalue weighted by Crippen LogP contribution is 2.57. The zero-order chi connectivity index (χ0) is 6.91. The summed E-state index contributed by atoms with van der Waals surface area (Å²) < 4.78 is 0. The van der Waals surface area contributed by atoms with Crippen LogP contribution >= 0.6 is 20.1 Å². The van der Waals surface area contributed by atoms with Crippen LogP contribution in [0.3, 0.4) is 0 Å². The number of hydrogen-bond acceptors (Lipinski definition) is 2. The van der Waals surface area contributed by atoms with Gasteiger partial charge in [-0.05, 0) is 6.42 Å². The number of nitrogens with zero attached hydrogens (tertiary/aromatic N) is 1. The highest BCUT2D eigenvalue weighted by Gasteiger charge is 2.28. The summed E-state index contributed by atoms with van der Waals surface area (Å²) in [5.74, 6) is 2.35. The second-order valence-corrected chi connectivity index (χ2v) is 6.88. The Labute approximate surface area is 62.5 Å². The Hall–Kier alpha value is 0.560. The van der Waals surface area contributed by atoms with E-state index in [1.165, 1.54) is 17.9 Å². The van der Waals surface area contributed by atoms with Gasteiger partial charge >= 0.3 is 0 Å². The van der Waals surface area contributed by atoms with Crippen molar-refractivity contribution in [3.05, 3.63) is 0 Å². The highest BCUT2D eigenvalue weighted by molar-refractivity contribution is 8.50. The molecule has 0 aromatic carbocycles. The van der Waals surface area contributed by atoms with Crippen LogP contribution in [0, 0.1) is 0 Å². The maximum atomic E-state index is 6.13. The standard InChI is InChI=1S/C5H13ClN2S/c1-8(2)7-9(6)4-3-5-9/h7H,3-5H2,1-2H3. The van der Waals surface area contributed by atoms with Crippen LogP contribution in [-0.4, -0.2) is 30.6 Å². The Balaban J connectivity index is 2.24. The number of rotatable bonds is 2. The van der Waals surface area contributed by atoms with Crippen molar-refractivity contribution in [2.24, 2.45) is 0 Å². The summed E-state index contributed by atoms with van der Waals surface area (Å²) >= 11 is 0. The molecular weight excluding hydrogens is 156 g/mol. The summed E-state index contributed by atoms with van der Waals surface area (Å²) in [6.07, 6.45) is 1.29. The van der Waals surface area contributed by atoms with Gasteiger partial charge in [0.05, 0.1) is 0 Å². The molecule has 0 saturated carbocycles. The molecule has 0 unspecified atom stereocenters. The molecule has 1 rings (SSSR count). The topological polar surface area (TPSA) is 15.3 Å². The fourth-order valence-electron chi connectivity index (χ4n) is 0.816. The van der Waals surface area contributed by atoms with Gasteiger partial charge in [-0.1, -0.05) is 20.1 Å². The molecule has 1 aliphatic rings. The van der Waals surface area contributed by atoms with E-state index < -0.39 is 9.43 Å². The average Bonchev–Trinajstić information content (AvgIpc) is 1.60. The van der Waals surface area contributed by atoms with E-state index in [9.17, 15) is 0 Å². The normalized spacial score (nSPS) is 27.6. The van der Waals surface area contributed by atoms with Gasteiger partial charge in [0.25, 0.3) is 0 Å². The number of halogens is 1. The van der Waals surface area contributed by atoms with Crippen LogP contribution < -0.4 is 4.83 Å². The smallest absolute Gasteiger partial charge is 0.00416 e. The van der Waals surface area contributed by atoms with Crippen LogP contribution in [0.5, 0.6) is 0 Å². The third-order valence-electron chi connectivity index (χ3n) is 1.28. The predicted molar refractivity (Wildman–Crippen MR) is 44.6 cm³/mol. The van der Waals surface area contributed by atoms with Crippen molar-refractivity contribution >= 4 is 20.1 Å². The van der Waals surface area contributed by atoms with E-state index in [1.54, 1.807) is 0 Å². The summed E-state index contributed by atoms with van der Waals surface area (Å²) in [7, 11) is 9.21. The van der Waals surface area contributed by atoms with Gasteiger partial charge < -0.3 is 0 Å². The second-order valence-electron chi connectivity index (χ2n) is 2.54. The molecule has 0 amide bonds. The second kappa shape index (κ2) is 2.66. The zero-order valence-electron chi connectivity index (χ0n) is 5.85.